The molecule has 174 valence electrons. The molecule has 2 amide bonds. The largest absolute Gasteiger partial charge is 0.443 e. The summed E-state index contributed by atoms with van der Waals surface area (Å²) in [6.07, 6.45) is 0.620. The maximum absolute atomic E-state index is 13.0. The summed E-state index contributed by atoms with van der Waals surface area (Å²) in [6, 6.07) is 13.3. The Morgan fingerprint density at radius 3 is 2.03 bits per heavy atom. The van der Waals surface area contributed by atoms with E-state index in [-0.39, 0.29) is 18.0 Å². The van der Waals surface area contributed by atoms with Crippen LogP contribution in [0.2, 0.25) is 0 Å². The average molecular weight is 471 g/mol. The minimum Gasteiger partial charge on any atom is -0.443 e. The average Bonchev–Trinajstić information content (AvgIpc) is 3.07. The van der Waals surface area contributed by atoms with E-state index in [0.29, 0.717) is 29.9 Å². The molecule has 2 aromatic carbocycles. The number of esters is 1. The van der Waals surface area contributed by atoms with Crippen molar-refractivity contribution in [2.75, 3.05) is 19.8 Å². The van der Waals surface area contributed by atoms with Gasteiger partial charge in [0.2, 0.25) is 10.0 Å². The number of hydrogen-bond acceptors (Lipinski definition) is 6. The molecule has 0 radical (unpaired) electrons. The number of amides is 2. The van der Waals surface area contributed by atoms with Crippen LogP contribution in [-0.4, -0.2) is 55.2 Å². The molecule has 2 heterocycles. The van der Waals surface area contributed by atoms with Crippen LogP contribution in [0.4, 0.5) is 0 Å². The van der Waals surface area contributed by atoms with Gasteiger partial charge in [0.25, 0.3) is 11.8 Å². The van der Waals surface area contributed by atoms with Crippen LogP contribution < -0.4 is 0 Å². The quantitative estimate of drug-likeness (QED) is 0.475. The monoisotopic (exact) mass is 470 g/mol. The molecule has 0 spiro atoms. The Morgan fingerprint density at radius 1 is 0.970 bits per heavy atom. The first-order valence-electron chi connectivity index (χ1n) is 10.9. The van der Waals surface area contributed by atoms with Gasteiger partial charge in [-0.05, 0) is 48.6 Å². The van der Waals surface area contributed by atoms with E-state index in [1.807, 2.05) is 26.0 Å². The lowest BCUT2D eigenvalue weighted by Crippen LogP contribution is -2.41. The topological polar surface area (TPSA) is 101 Å². The van der Waals surface area contributed by atoms with Crippen molar-refractivity contribution in [2.24, 2.45) is 5.92 Å². The van der Waals surface area contributed by atoms with E-state index < -0.39 is 40.5 Å². The first-order valence-corrected chi connectivity index (χ1v) is 12.4. The van der Waals surface area contributed by atoms with E-state index in [1.54, 1.807) is 36.4 Å². The summed E-state index contributed by atoms with van der Waals surface area (Å²) in [5.74, 6) is -1.70. The zero-order valence-corrected chi connectivity index (χ0v) is 19.4. The SMILES string of the molecule is CC(C)c1ccc(S(=O)(=O)N2CCC(C(=O)OCN3C(=O)c4ccccc4C3=O)CC2)cc1. The van der Waals surface area contributed by atoms with E-state index in [1.165, 1.54) is 4.31 Å². The van der Waals surface area contributed by atoms with Gasteiger partial charge in [0.15, 0.2) is 6.73 Å². The normalized spacial score (nSPS) is 17.5. The molecule has 1 fully saturated rings. The molecule has 2 aliphatic rings. The lowest BCUT2D eigenvalue weighted by Gasteiger charge is -2.30. The van der Waals surface area contributed by atoms with Gasteiger partial charge in [-0.1, -0.05) is 38.1 Å². The zero-order valence-electron chi connectivity index (χ0n) is 18.6. The number of rotatable bonds is 6. The van der Waals surface area contributed by atoms with Gasteiger partial charge in [0.1, 0.15) is 0 Å². The number of hydrogen-bond donors (Lipinski definition) is 0. The molecule has 0 saturated carbocycles. The highest BCUT2D eigenvalue weighted by molar-refractivity contribution is 7.89. The minimum absolute atomic E-state index is 0.195. The van der Waals surface area contributed by atoms with Gasteiger partial charge in [0, 0.05) is 13.1 Å². The van der Waals surface area contributed by atoms with Gasteiger partial charge in [-0.3, -0.25) is 14.4 Å². The van der Waals surface area contributed by atoms with Crippen molar-refractivity contribution < 1.29 is 27.5 Å². The van der Waals surface area contributed by atoms with Crippen LogP contribution in [0.1, 0.15) is 58.9 Å². The van der Waals surface area contributed by atoms with Crippen LogP contribution in [0.5, 0.6) is 0 Å². The second kappa shape index (κ2) is 9.07. The number of carbonyl (C=O) groups excluding carboxylic acids is 3. The van der Waals surface area contributed by atoms with Gasteiger partial charge in [-0.25, -0.2) is 13.3 Å². The van der Waals surface area contributed by atoms with Crippen molar-refractivity contribution >= 4 is 27.8 Å². The molecular weight excluding hydrogens is 444 g/mol. The first kappa shape index (κ1) is 23.1. The fourth-order valence-electron chi connectivity index (χ4n) is 4.11. The van der Waals surface area contributed by atoms with Crippen molar-refractivity contribution in [1.29, 1.82) is 0 Å². The molecule has 9 heteroatoms. The predicted molar refractivity (Wildman–Crippen MR) is 120 cm³/mol. The molecule has 2 aliphatic heterocycles. The Hall–Kier alpha value is -3.04. The summed E-state index contributed by atoms with van der Waals surface area (Å²) >= 11 is 0. The third-order valence-corrected chi connectivity index (χ3v) is 8.10. The molecule has 4 rings (SSSR count). The molecule has 2 aromatic rings. The Labute approximate surface area is 193 Å². The van der Waals surface area contributed by atoms with Gasteiger partial charge in [0.05, 0.1) is 21.9 Å². The number of ether oxygens (including phenoxy) is 1. The molecule has 0 aromatic heterocycles. The highest BCUT2D eigenvalue weighted by Crippen LogP contribution is 2.27. The molecule has 0 bridgehead atoms. The second-order valence-electron chi connectivity index (χ2n) is 8.58. The number of piperidine rings is 1. The summed E-state index contributed by atoms with van der Waals surface area (Å²) in [7, 11) is -3.64. The number of carbonyl (C=O) groups is 3. The van der Waals surface area contributed by atoms with Crippen LogP contribution in [0.25, 0.3) is 0 Å². The predicted octanol–water partition coefficient (Wildman–Crippen LogP) is 3.01. The van der Waals surface area contributed by atoms with Gasteiger partial charge < -0.3 is 4.74 Å². The van der Waals surface area contributed by atoms with Crippen LogP contribution in [0.15, 0.2) is 53.4 Å². The maximum atomic E-state index is 13.0. The number of imide groups is 1. The Bertz CT molecular complexity index is 1150. The molecule has 33 heavy (non-hydrogen) atoms. The van der Waals surface area contributed by atoms with Crippen molar-refractivity contribution in [1.82, 2.24) is 9.21 Å². The molecule has 0 aliphatic carbocycles. The molecule has 1 saturated heterocycles. The van der Waals surface area contributed by atoms with Gasteiger partial charge >= 0.3 is 5.97 Å². The van der Waals surface area contributed by atoms with Crippen molar-refractivity contribution in [3.8, 4) is 0 Å². The number of sulfonamides is 1. The van der Waals surface area contributed by atoms with Crippen LogP contribution in [0, 0.1) is 5.92 Å². The third-order valence-electron chi connectivity index (χ3n) is 6.19. The van der Waals surface area contributed by atoms with Crippen LogP contribution in [-0.2, 0) is 19.6 Å². The number of benzene rings is 2. The van der Waals surface area contributed by atoms with E-state index >= 15 is 0 Å². The summed E-state index contributed by atoms with van der Waals surface area (Å²) in [5, 5.41) is 0. The van der Waals surface area contributed by atoms with Crippen LogP contribution in [0.3, 0.4) is 0 Å². The maximum Gasteiger partial charge on any atom is 0.310 e. The molecule has 0 N–H and O–H groups in total. The Morgan fingerprint density at radius 2 is 1.52 bits per heavy atom. The van der Waals surface area contributed by atoms with E-state index in [4.69, 9.17) is 4.74 Å². The van der Waals surface area contributed by atoms with Crippen molar-refractivity contribution in [3.63, 3.8) is 0 Å². The highest BCUT2D eigenvalue weighted by atomic mass is 32.2. The van der Waals surface area contributed by atoms with Crippen molar-refractivity contribution in [2.45, 2.75) is 37.5 Å². The Kier molecular flexibility index (Phi) is 6.36. The van der Waals surface area contributed by atoms with Crippen molar-refractivity contribution in [3.05, 3.63) is 65.2 Å². The lowest BCUT2D eigenvalue weighted by atomic mass is 9.98. The fraction of sp³-hybridized carbons (Fsp3) is 0.375. The van der Waals surface area contributed by atoms with Crippen LogP contribution >= 0.6 is 0 Å². The Balaban J connectivity index is 1.32. The standard InChI is InChI=1S/C24H26N2O6S/c1-16(2)17-7-9-19(10-8-17)33(30,31)25-13-11-18(12-14-25)24(29)32-15-26-22(27)20-5-3-4-6-21(20)23(26)28/h3-10,16,18H,11-15H2,1-2H3. The lowest BCUT2D eigenvalue weighted by molar-refractivity contribution is -0.152. The second-order valence-corrected chi connectivity index (χ2v) is 10.5. The first-order chi connectivity index (χ1) is 15.7. The zero-order chi connectivity index (χ0) is 23.8. The highest BCUT2D eigenvalue weighted by Gasteiger charge is 2.37. The van der Waals surface area contributed by atoms with E-state index in [2.05, 4.69) is 0 Å². The summed E-state index contributed by atoms with van der Waals surface area (Å²) < 4.78 is 32.5. The number of fused-ring (bicyclic) bond motifs is 1. The molecule has 8 nitrogen and oxygen atoms in total. The fourth-order valence-corrected chi connectivity index (χ4v) is 5.58. The third kappa shape index (κ3) is 4.43. The van der Waals surface area contributed by atoms with Gasteiger partial charge in [-0.15, -0.1) is 0 Å². The number of nitrogens with zero attached hydrogens (tertiary/aromatic N) is 2. The molecular formula is C24H26N2O6S. The van der Waals surface area contributed by atoms with E-state index in [9.17, 15) is 22.8 Å². The minimum atomic E-state index is -3.64. The summed E-state index contributed by atoms with van der Waals surface area (Å²) in [6.45, 7) is 4.03. The summed E-state index contributed by atoms with van der Waals surface area (Å²) in [4.78, 5) is 38.4. The molecule has 0 atom stereocenters. The summed E-state index contributed by atoms with van der Waals surface area (Å²) in [5.41, 5.74) is 1.64. The smallest absolute Gasteiger partial charge is 0.310 e. The molecule has 0 unspecified atom stereocenters. The van der Waals surface area contributed by atoms with Gasteiger partial charge in [-0.2, -0.15) is 4.31 Å². The van der Waals surface area contributed by atoms with E-state index in [0.717, 1.165) is 10.5 Å².